The summed E-state index contributed by atoms with van der Waals surface area (Å²) in [6.45, 7) is 2.31. The van der Waals surface area contributed by atoms with E-state index in [1.807, 2.05) is 0 Å². The summed E-state index contributed by atoms with van der Waals surface area (Å²) in [6, 6.07) is 9.89. The van der Waals surface area contributed by atoms with Crippen molar-refractivity contribution in [2.24, 2.45) is 0 Å². The fourth-order valence-corrected chi connectivity index (χ4v) is 2.68. The number of carbonyl (C=O) groups excluding carboxylic acids is 1. The molecule has 1 unspecified atom stereocenters. The maximum absolute atomic E-state index is 12.4. The number of nitrogens with zero attached hydrogens (tertiary/aromatic N) is 3. The molecular formula is C18H19N3O6. The molecule has 0 saturated carbocycles. The van der Waals surface area contributed by atoms with E-state index in [0.717, 1.165) is 5.75 Å². The number of benzene rings is 1. The molecule has 0 fully saturated rings. The van der Waals surface area contributed by atoms with Gasteiger partial charge in [0.1, 0.15) is 11.5 Å². The van der Waals surface area contributed by atoms with E-state index in [9.17, 15) is 14.9 Å². The Balaban J connectivity index is 1.65. The summed E-state index contributed by atoms with van der Waals surface area (Å²) in [4.78, 5) is 28.2. The maximum atomic E-state index is 12.4. The van der Waals surface area contributed by atoms with Crippen LogP contribution in [0.5, 0.6) is 17.2 Å². The minimum atomic E-state index is -0.678. The van der Waals surface area contributed by atoms with E-state index in [0.29, 0.717) is 31.1 Å². The molecule has 0 spiro atoms. The van der Waals surface area contributed by atoms with E-state index < -0.39 is 11.0 Å². The number of anilines is 1. The number of hydrogen-bond donors (Lipinski definition) is 0. The number of ether oxygens (including phenoxy) is 3. The second-order valence-corrected chi connectivity index (χ2v) is 5.88. The number of hydrogen-bond acceptors (Lipinski definition) is 7. The molecule has 142 valence electrons. The highest BCUT2D eigenvalue weighted by Crippen LogP contribution is 2.34. The fraction of sp³-hybridized carbons (Fsp3) is 0.333. The van der Waals surface area contributed by atoms with E-state index in [4.69, 9.17) is 14.2 Å². The van der Waals surface area contributed by atoms with Crippen molar-refractivity contribution in [1.82, 2.24) is 4.98 Å². The van der Waals surface area contributed by atoms with Crippen LogP contribution in [-0.4, -0.2) is 42.2 Å². The van der Waals surface area contributed by atoms with Gasteiger partial charge in [0.15, 0.2) is 11.9 Å². The van der Waals surface area contributed by atoms with Gasteiger partial charge in [0.05, 0.1) is 13.7 Å². The Labute approximate surface area is 155 Å². The number of fused-ring (bicyclic) bond motifs is 1. The zero-order valence-corrected chi connectivity index (χ0v) is 15.0. The Morgan fingerprint density at radius 2 is 1.93 bits per heavy atom. The first kappa shape index (κ1) is 18.4. The lowest BCUT2D eigenvalue weighted by molar-refractivity contribution is -0.389. The highest BCUT2D eigenvalue weighted by molar-refractivity contribution is 5.98. The summed E-state index contributed by atoms with van der Waals surface area (Å²) in [5.74, 6) is 1.31. The van der Waals surface area contributed by atoms with Crippen LogP contribution in [0, 0.1) is 10.1 Å². The molecule has 3 rings (SSSR count). The second-order valence-electron chi connectivity index (χ2n) is 5.88. The largest absolute Gasteiger partial charge is 0.497 e. The monoisotopic (exact) mass is 373 g/mol. The van der Waals surface area contributed by atoms with Gasteiger partial charge in [0.2, 0.25) is 0 Å². The Morgan fingerprint density at radius 3 is 2.59 bits per heavy atom. The molecule has 1 amide bonds. The summed E-state index contributed by atoms with van der Waals surface area (Å²) in [6.07, 6.45) is -0.155. The average Bonchev–Trinajstić information content (AvgIpc) is 2.67. The van der Waals surface area contributed by atoms with E-state index in [1.165, 1.54) is 17.0 Å². The van der Waals surface area contributed by atoms with Crippen LogP contribution in [0.3, 0.4) is 0 Å². The van der Waals surface area contributed by atoms with Gasteiger partial charge in [-0.3, -0.25) is 9.69 Å². The van der Waals surface area contributed by atoms with Crippen LogP contribution < -0.4 is 19.1 Å². The van der Waals surface area contributed by atoms with Gasteiger partial charge >= 0.3 is 5.82 Å². The van der Waals surface area contributed by atoms with Gasteiger partial charge in [-0.05, 0) is 53.6 Å². The van der Waals surface area contributed by atoms with Crippen molar-refractivity contribution in [3.05, 3.63) is 46.5 Å². The molecule has 2 heterocycles. The molecule has 2 aromatic rings. The van der Waals surface area contributed by atoms with Crippen molar-refractivity contribution in [1.29, 1.82) is 0 Å². The van der Waals surface area contributed by atoms with Crippen LogP contribution in [0.4, 0.5) is 11.6 Å². The molecule has 0 bridgehead atoms. The van der Waals surface area contributed by atoms with Crippen molar-refractivity contribution in [2.75, 3.05) is 25.2 Å². The standard InChI is InChI=1S/C18H19N3O6/c1-12-18(22)20(17-15(27-12)8-9-16(19-17)21(23)24)10-3-11-26-14-6-4-13(25-2)5-7-14/h4-9,12H,3,10-11H2,1-2H3. The Hall–Kier alpha value is -3.36. The van der Waals surface area contributed by atoms with Crippen LogP contribution in [0.15, 0.2) is 36.4 Å². The van der Waals surface area contributed by atoms with Gasteiger partial charge in [-0.1, -0.05) is 0 Å². The molecule has 0 radical (unpaired) electrons. The minimum Gasteiger partial charge on any atom is -0.497 e. The quantitative estimate of drug-likeness (QED) is 0.417. The van der Waals surface area contributed by atoms with Crippen LogP contribution in [0.1, 0.15) is 13.3 Å². The molecule has 1 aliphatic rings. The van der Waals surface area contributed by atoms with Gasteiger partial charge in [0.25, 0.3) is 11.7 Å². The Morgan fingerprint density at radius 1 is 1.22 bits per heavy atom. The summed E-state index contributed by atoms with van der Waals surface area (Å²) in [7, 11) is 1.59. The number of rotatable bonds is 7. The van der Waals surface area contributed by atoms with E-state index in [-0.39, 0.29) is 17.5 Å². The van der Waals surface area contributed by atoms with E-state index in [1.54, 1.807) is 38.3 Å². The average molecular weight is 373 g/mol. The molecular weight excluding hydrogens is 354 g/mol. The Kier molecular flexibility index (Phi) is 5.39. The van der Waals surface area contributed by atoms with Crippen LogP contribution in [0.2, 0.25) is 0 Å². The van der Waals surface area contributed by atoms with E-state index >= 15 is 0 Å². The summed E-state index contributed by atoms with van der Waals surface area (Å²) < 4.78 is 16.2. The topological polar surface area (TPSA) is 104 Å². The van der Waals surface area contributed by atoms with Gasteiger partial charge in [-0.25, -0.2) is 0 Å². The highest BCUT2D eigenvalue weighted by Gasteiger charge is 2.36. The molecule has 27 heavy (non-hydrogen) atoms. The third kappa shape index (κ3) is 4.08. The molecule has 9 heteroatoms. The number of amides is 1. The Bertz CT molecular complexity index is 839. The van der Waals surface area contributed by atoms with Gasteiger partial charge < -0.3 is 24.3 Å². The van der Waals surface area contributed by atoms with Gasteiger partial charge in [0, 0.05) is 12.6 Å². The first-order valence-corrected chi connectivity index (χ1v) is 8.40. The van der Waals surface area contributed by atoms with Crippen LogP contribution >= 0.6 is 0 Å². The van der Waals surface area contributed by atoms with E-state index in [2.05, 4.69) is 4.98 Å². The predicted molar refractivity (Wildman–Crippen MR) is 96.4 cm³/mol. The normalized spacial score (nSPS) is 15.7. The number of methoxy groups -OCH3 is 1. The lowest BCUT2D eigenvalue weighted by Crippen LogP contribution is -2.45. The van der Waals surface area contributed by atoms with Crippen molar-refractivity contribution < 1.29 is 23.9 Å². The summed E-state index contributed by atoms with van der Waals surface area (Å²) in [5.41, 5.74) is 0. The molecule has 0 saturated heterocycles. The SMILES string of the molecule is COc1ccc(OCCCN2C(=O)C(C)Oc3ccc([N+](=O)[O-])nc32)cc1. The zero-order valence-electron chi connectivity index (χ0n) is 15.0. The number of pyridine rings is 1. The third-order valence-corrected chi connectivity index (χ3v) is 4.04. The van der Waals surface area contributed by atoms with Crippen molar-refractivity contribution in [3.63, 3.8) is 0 Å². The number of carbonyl (C=O) groups is 1. The lowest BCUT2D eigenvalue weighted by Gasteiger charge is -2.29. The minimum absolute atomic E-state index is 0.164. The van der Waals surface area contributed by atoms with Gasteiger partial charge in [-0.2, -0.15) is 0 Å². The first-order valence-electron chi connectivity index (χ1n) is 8.40. The van der Waals surface area contributed by atoms with Crippen molar-refractivity contribution >= 4 is 17.5 Å². The second kappa shape index (κ2) is 7.90. The zero-order chi connectivity index (χ0) is 19.4. The molecule has 1 aromatic carbocycles. The molecule has 0 N–H and O–H groups in total. The summed E-state index contributed by atoms with van der Waals surface area (Å²) >= 11 is 0. The molecule has 0 aliphatic carbocycles. The number of aromatic nitrogens is 1. The molecule has 9 nitrogen and oxygen atoms in total. The van der Waals surface area contributed by atoms with Crippen LogP contribution in [0.25, 0.3) is 0 Å². The smallest absolute Gasteiger partial charge is 0.366 e. The maximum Gasteiger partial charge on any atom is 0.366 e. The molecule has 1 aliphatic heterocycles. The highest BCUT2D eigenvalue weighted by atomic mass is 16.6. The van der Waals surface area contributed by atoms with Crippen LogP contribution in [-0.2, 0) is 4.79 Å². The summed E-state index contributed by atoms with van der Waals surface area (Å²) in [5, 5.41) is 11.0. The molecule has 1 aromatic heterocycles. The third-order valence-electron chi connectivity index (χ3n) is 4.04. The van der Waals surface area contributed by atoms with Crippen molar-refractivity contribution in [2.45, 2.75) is 19.4 Å². The molecule has 1 atom stereocenters. The van der Waals surface area contributed by atoms with Gasteiger partial charge in [-0.15, -0.1) is 0 Å². The number of nitro groups is 1. The lowest BCUT2D eigenvalue weighted by atomic mass is 10.2. The fourth-order valence-electron chi connectivity index (χ4n) is 2.68. The van der Waals surface area contributed by atoms with Crippen molar-refractivity contribution in [3.8, 4) is 17.2 Å². The predicted octanol–water partition coefficient (Wildman–Crippen LogP) is 2.58. The first-order chi connectivity index (χ1) is 13.0.